The molecule has 0 saturated heterocycles. The van der Waals surface area contributed by atoms with E-state index in [1.54, 1.807) is 6.20 Å². The van der Waals surface area contributed by atoms with E-state index >= 15 is 0 Å². The van der Waals surface area contributed by atoms with E-state index in [-0.39, 0.29) is 12.0 Å². The van der Waals surface area contributed by atoms with Gasteiger partial charge in [-0.25, -0.2) is 4.68 Å². The van der Waals surface area contributed by atoms with Crippen LogP contribution in [0.4, 0.5) is 0 Å². The van der Waals surface area contributed by atoms with Crippen LogP contribution >= 0.6 is 15.9 Å². The second-order valence-electron chi connectivity index (χ2n) is 5.44. The lowest BCUT2D eigenvalue weighted by Crippen LogP contribution is -2.26. The molecule has 0 aliphatic rings. The molecule has 0 aliphatic carbocycles. The first-order valence-electron chi connectivity index (χ1n) is 5.95. The van der Waals surface area contributed by atoms with Gasteiger partial charge >= 0.3 is 0 Å². The van der Waals surface area contributed by atoms with E-state index in [1.807, 2.05) is 32.6 Å². The molecule has 0 fully saturated rings. The monoisotopic (exact) mass is 319 g/mol. The van der Waals surface area contributed by atoms with Crippen molar-refractivity contribution in [3.63, 3.8) is 0 Å². The Bertz CT molecular complexity index is 377. The van der Waals surface area contributed by atoms with Crippen LogP contribution in [0.15, 0.2) is 10.7 Å². The third-order valence-corrected chi connectivity index (χ3v) is 3.08. The lowest BCUT2D eigenvalue weighted by atomic mass is 9.97. The second kappa shape index (κ2) is 6.54. The first kappa shape index (κ1) is 15.5. The average Bonchev–Trinajstić information content (AvgIpc) is 2.65. The first-order valence-corrected chi connectivity index (χ1v) is 6.75. The van der Waals surface area contributed by atoms with Gasteiger partial charge in [-0.3, -0.25) is 0 Å². The van der Waals surface area contributed by atoms with Crippen LogP contribution in [0, 0.1) is 5.41 Å². The van der Waals surface area contributed by atoms with Crippen LogP contribution in [-0.2, 0) is 6.54 Å². The number of ether oxygens (including phenoxy) is 1. The van der Waals surface area contributed by atoms with Gasteiger partial charge in [0, 0.05) is 12.0 Å². The van der Waals surface area contributed by atoms with Gasteiger partial charge < -0.3 is 14.7 Å². The van der Waals surface area contributed by atoms with Gasteiger partial charge in [0.1, 0.15) is 0 Å². The van der Waals surface area contributed by atoms with Gasteiger partial charge in [0.25, 0.3) is 0 Å². The van der Waals surface area contributed by atoms with Gasteiger partial charge in [-0.1, -0.05) is 13.8 Å². The van der Waals surface area contributed by atoms with Crippen molar-refractivity contribution in [2.45, 2.75) is 20.4 Å². The molecule has 0 bridgehead atoms. The summed E-state index contributed by atoms with van der Waals surface area (Å²) in [6.07, 6.45) is 1.73. The van der Waals surface area contributed by atoms with Crippen molar-refractivity contribution < 1.29 is 9.84 Å². The Labute approximate surface area is 117 Å². The summed E-state index contributed by atoms with van der Waals surface area (Å²) in [5, 5.41) is 13.5. The highest BCUT2D eigenvalue weighted by Crippen LogP contribution is 2.26. The summed E-state index contributed by atoms with van der Waals surface area (Å²) < 4.78 is 8.44. The molecule has 6 heteroatoms. The molecule has 1 heterocycles. The van der Waals surface area contributed by atoms with Gasteiger partial charge in [-0.05, 0) is 30.0 Å². The van der Waals surface area contributed by atoms with Crippen molar-refractivity contribution in [1.29, 1.82) is 0 Å². The fraction of sp³-hybridized carbons (Fsp3) is 0.750. The quantitative estimate of drug-likeness (QED) is 0.829. The van der Waals surface area contributed by atoms with Crippen LogP contribution in [0.3, 0.4) is 0 Å². The van der Waals surface area contributed by atoms with E-state index < -0.39 is 0 Å². The molecule has 0 unspecified atom stereocenters. The molecule has 0 saturated carbocycles. The van der Waals surface area contributed by atoms with E-state index in [2.05, 4.69) is 25.9 Å². The molecule has 0 aliphatic heterocycles. The third kappa shape index (κ3) is 4.59. The number of nitrogens with zero attached hydrogens (tertiary/aromatic N) is 3. The largest absolute Gasteiger partial charge is 0.476 e. The SMILES string of the molecule is CN(C)CCn1ncc(Br)c1OCC(C)(C)CO. The maximum atomic E-state index is 9.22. The summed E-state index contributed by atoms with van der Waals surface area (Å²) in [6.45, 7) is 6.14. The van der Waals surface area contributed by atoms with Crippen LogP contribution in [0.25, 0.3) is 0 Å². The van der Waals surface area contributed by atoms with E-state index in [1.165, 1.54) is 0 Å². The molecule has 0 spiro atoms. The van der Waals surface area contributed by atoms with Crippen molar-refractivity contribution in [3.05, 3.63) is 10.7 Å². The maximum Gasteiger partial charge on any atom is 0.226 e. The number of aliphatic hydroxyl groups excluding tert-OH is 1. The Morgan fingerprint density at radius 2 is 2.17 bits per heavy atom. The Morgan fingerprint density at radius 3 is 2.72 bits per heavy atom. The summed E-state index contributed by atoms with van der Waals surface area (Å²) in [4.78, 5) is 2.09. The molecule has 0 atom stereocenters. The summed E-state index contributed by atoms with van der Waals surface area (Å²) in [7, 11) is 4.04. The van der Waals surface area contributed by atoms with Crippen molar-refractivity contribution in [2.75, 3.05) is 33.9 Å². The van der Waals surface area contributed by atoms with Crippen molar-refractivity contribution >= 4 is 15.9 Å². The minimum atomic E-state index is -0.254. The molecule has 1 N–H and O–H groups in total. The fourth-order valence-electron chi connectivity index (χ4n) is 1.26. The first-order chi connectivity index (χ1) is 8.35. The number of halogens is 1. The molecular formula is C12H22BrN3O2. The normalized spacial score (nSPS) is 12.2. The van der Waals surface area contributed by atoms with Gasteiger partial charge in [-0.15, -0.1) is 0 Å². The molecule has 1 aromatic rings. The minimum Gasteiger partial charge on any atom is -0.476 e. The summed E-state index contributed by atoms with van der Waals surface area (Å²) in [5.41, 5.74) is -0.254. The van der Waals surface area contributed by atoms with Crippen LogP contribution < -0.4 is 4.74 Å². The highest BCUT2D eigenvalue weighted by atomic mass is 79.9. The zero-order chi connectivity index (χ0) is 13.8. The minimum absolute atomic E-state index is 0.0937. The average molecular weight is 320 g/mol. The van der Waals surface area contributed by atoms with Crippen LogP contribution in [0.5, 0.6) is 5.88 Å². The molecular weight excluding hydrogens is 298 g/mol. The highest BCUT2D eigenvalue weighted by molar-refractivity contribution is 9.10. The number of hydrogen-bond acceptors (Lipinski definition) is 4. The van der Waals surface area contributed by atoms with Crippen LogP contribution in [0.2, 0.25) is 0 Å². The summed E-state index contributed by atoms with van der Waals surface area (Å²) >= 11 is 3.43. The van der Waals surface area contributed by atoms with E-state index in [0.29, 0.717) is 6.61 Å². The highest BCUT2D eigenvalue weighted by Gasteiger charge is 2.20. The number of likely N-dealkylation sites (N-methyl/N-ethyl adjacent to an activating group) is 1. The lowest BCUT2D eigenvalue weighted by molar-refractivity contribution is 0.0912. The topological polar surface area (TPSA) is 50.5 Å². The van der Waals surface area contributed by atoms with Gasteiger partial charge in [0.05, 0.1) is 30.4 Å². The summed E-state index contributed by atoms with van der Waals surface area (Å²) in [6, 6.07) is 0. The Balaban J connectivity index is 2.66. The van der Waals surface area contributed by atoms with E-state index in [4.69, 9.17) is 4.74 Å². The predicted molar refractivity (Wildman–Crippen MR) is 74.8 cm³/mol. The maximum absolute atomic E-state index is 9.22. The predicted octanol–water partition coefficient (Wildman–Crippen LogP) is 1.60. The van der Waals surface area contributed by atoms with Crippen molar-refractivity contribution in [3.8, 4) is 5.88 Å². The number of rotatable bonds is 7. The summed E-state index contributed by atoms with van der Waals surface area (Å²) in [5.74, 6) is 0.721. The van der Waals surface area contributed by atoms with Gasteiger partial charge in [0.15, 0.2) is 0 Å². The van der Waals surface area contributed by atoms with Crippen molar-refractivity contribution in [2.24, 2.45) is 5.41 Å². The fourth-order valence-corrected chi connectivity index (χ4v) is 1.67. The Kier molecular flexibility index (Phi) is 5.62. The lowest BCUT2D eigenvalue weighted by Gasteiger charge is -2.22. The zero-order valence-electron chi connectivity index (χ0n) is 11.5. The number of hydrogen-bond donors (Lipinski definition) is 1. The number of aliphatic hydroxyl groups is 1. The Morgan fingerprint density at radius 1 is 1.50 bits per heavy atom. The Hall–Kier alpha value is -0.590. The molecule has 1 rings (SSSR count). The standard InChI is InChI=1S/C12H22BrN3O2/c1-12(2,8-17)9-18-11-10(13)7-14-16(11)6-5-15(3)4/h7,17H,5-6,8-9H2,1-4H3. The van der Waals surface area contributed by atoms with Gasteiger partial charge in [0.2, 0.25) is 5.88 Å². The molecule has 18 heavy (non-hydrogen) atoms. The van der Waals surface area contributed by atoms with Crippen molar-refractivity contribution in [1.82, 2.24) is 14.7 Å². The molecule has 104 valence electrons. The number of aromatic nitrogens is 2. The smallest absolute Gasteiger partial charge is 0.226 e. The van der Waals surface area contributed by atoms with Gasteiger partial charge in [-0.2, -0.15) is 5.10 Å². The molecule has 0 amide bonds. The molecule has 0 aromatic carbocycles. The van der Waals surface area contributed by atoms with Crippen LogP contribution in [0.1, 0.15) is 13.8 Å². The molecule has 1 aromatic heterocycles. The van der Waals surface area contributed by atoms with E-state index in [9.17, 15) is 5.11 Å². The van der Waals surface area contributed by atoms with E-state index in [0.717, 1.165) is 23.4 Å². The third-order valence-electron chi connectivity index (χ3n) is 2.54. The molecule has 0 radical (unpaired) electrons. The molecule has 5 nitrogen and oxygen atoms in total. The zero-order valence-corrected chi connectivity index (χ0v) is 13.1. The second-order valence-corrected chi connectivity index (χ2v) is 6.29. The van der Waals surface area contributed by atoms with Crippen LogP contribution in [-0.4, -0.2) is 53.6 Å².